The molecule has 1 rings (SSSR count). The summed E-state index contributed by atoms with van der Waals surface area (Å²) < 4.78 is 9.29. The summed E-state index contributed by atoms with van der Waals surface area (Å²) in [5.74, 6) is -0.899. The first-order valence-corrected chi connectivity index (χ1v) is 6.20. The molecule has 0 aliphatic carbocycles. The van der Waals surface area contributed by atoms with Crippen LogP contribution in [0.2, 0.25) is 0 Å². The number of ether oxygens (including phenoxy) is 2. The van der Waals surface area contributed by atoms with Crippen LogP contribution in [0.25, 0.3) is 0 Å². The quantitative estimate of drug-likeness (QED) is 0.739. The lowest BCUT2D eigenvalue weighted by Gasteiger charge is -2.13. The Hall–Kier alpha value is -2.08. The highest BCUT2D eigenvalue weighted by molar-refractivity contribution is 5.80. The van der Waals surface area contributed by atoms with E-state index in [0.717, 1.165) is 11.3 Å². The van der Waals surface area contributed by atoms with E-state index in [-0.39, 0.29) is 19.1 Å². The molecule has 1 aromatic rings. The third-order valence-corrected chi connectivity index (χ3v) is 2.57. The molecular weight excluding hydrogens is 260 g/mol. The van der Waals surface area contributed by atoms with Crippen LogP contribution >= 0.6 is 0 Å². The minimum Gasteiger partial charge on any atom is -0.454 e. The molecule has 0 aromatic heterocycles. The molecule has 0 radical (unpaired) electrons. The average Bonchev–Trinajstić information content (AvgIpc) is 2.43. The summed E-state index contributed by atoms with van der Waals surface area (Å²) in [7, 11) is 5.31. The van der Waals surface area contributed by atoms with Crippen molar-refractivity contribution in [3.8, 4) is 0 Å². The first kappa shape index (κ1) is 16.0. The maximum Gasteiger partial charge on any atom is 0.332 e. The van der Waals surface area contributed by atoms with E-state index >= 15 is 0 Å². The van der Waals surface area contributed by atoms with Crippen LogP contribution in [0.5, 0.6) is 0 Å². The molecule has 0 spiro atoms. The molecule has 0 unspecified atom stereocenters. The van der Waals surface area contributed by atoms with Gasteiger partial charge in [0.25, 0.3) is 5.91 Å². The molecule has 0 aliphatic heterocycles. The maximum absolute atomic E-state index is 11.5. The summed E-state index contributed by atoms with van der Waals surface area (Å²) in [6.45, 7) is -0.0500. The smallest absolute Gasteiger partial charge is 0.332 e. The van der Waals surface area contributed by atoms with Gasteiger partial charge in [-0.1, -0.05) is 12.1 Å². The number of amides is 1. The highest BCUT2D eigenvalue weighted by atomic mass is 16.6. The molecular formula is C14H20N2O4. The molecule has 0 saturated carbocycles. The Morgan fingerprint density at radius 2 is 1.80 bits per heavy atom. The van der Waals surface area contributed by atoms with Crippen LogP contribution in [0, 0.1) is 0 Å². The molecule has 0 fully saturated rings. The second-order valence-electron chi connectivity index (χ2n) is 4.43. The fraction of sp³-hybridized carbons (Fsp3) is 0.429. The Kier molecular flexibility index (Phi) is 6.52. The topological polar surface area (TPSA) is 67.9 Å². The van der Waals surface area contributed by atoms with E-state index in [9.17, 15) is 9.59 Å². The van der Waals surface area contributed by atoms with Crippen molar-refractivity contribution >= 4 is 17.6 Å². The van der Waals surface area contributed by atoms with Gasteiger partial charge in [-0.25, -0.2) is 4.79 Å². The minimum absolute atomic E-state index is 0.153. The van der Waals surface area contributed by atoms with Crippen LogP contribution in [0.15, 0.2) is 24.3 Å². The van der Waals surface area contributed by atoms with Gasteiger partial charge in [0, 0.05) is 33.4 Å². The summed E-state index contributed by atoms with van der Waals surface area (Å²) in [5, 5.41) is 2.67. The van der Waals surface area contributed by atoms with Crippen molar-refractivity contribution in [1.29, 1.82) is 0 Å². The summed E-state index contributed by atoms with van der Waals surface area (Å²) in [6.07, 6.45) is 0. The Balaban J connectivity index is 2.32. The summed E-state index contributed by atoms with van der Waals surface area (Å²) in [5.41, 5.74) is 2.07. The van der Waals surface area contributed by atoms with Gasteiger partial charge in [-0.05, 0) is 17.7 Å². The van der Waals surface area contributed by atoms with Gasteiger partial charge in [-0.3, -0.25) is 4.79 Å². The monoisotopic (exact) mass is 280 g/mol. The summed E-state index contributed by atoms with van der Waals surface area (Å²) in [4.78, 5) is 24.5. The molecule has 110 valence electrons. The van der Waals surface area contributed by atoms with Crippen molar-refractivity contribution in [3.63, 3.8) is 0 Å². The number of carbonyl (C=O) groups excluding carboxylic acids is 2. The summed E-state index contributed by atoms with van der Waals surface area (Å²) >= 11 is 0. The average molecular weight is 280 g/mol. The molecule has 1 aromatic carbocycles. The van der Waals surface area contributed by atoms with Gasteiger partial charge in [0.05, 0.1) is 0 Å². The Bertz CT molecular complexity index is 443. The van der Waals surface area contributed by atoms with Crippen LogP contribution < -0.4 is 10.2 Å². The molecule has 0 aliphatic rings. The Morgan fingerprint density at radius 1 is 1.15 bits per heavy atom. The number of methoxy groups -OCH3 is 1. The predicted octanol–water partition coefficient (Wildman–Crippen LogP) is 0.558. The third kappa shape index (κ3) is 5.71. The van der Waals surface area contributed by atoms with Crippen molar-refractivity contribution in [2.24, 2.45) is 0 Å². The largest absolute Gasteiger partial charge is 0.454 e. The number of anilines is 1. The van der Waals surface area contributed by atoms with Crippen LogP contribution in [-0.2, 0) is 25.6 Å². The van der Waals surface area contributed by atoms with Gasteiger partial charge in [0.1, 0.15) is 6.61 Å². The number of hydrogen-bond acceptors (Lipinski definition) is 5. The van der Waals surface area contributed by atoms with Crippen molar-refractivity contribution in [3.05, 3.63) is 29.8 Å². The van der Waals surface area contributed by atoms with Gasteiger partial charge in [-0.2, -0.15) is 0 Å². The number of esters is 1. The van der Waals surface area contributed by atoms with Crippen molar-refractivity contribution in [2.45, 2.75) is 6.54 Å². The normalized spacial score (nSPS) is 9.95. The van der Waals surface area contributed by atoms with E-state index in [1.807, 2.05) is 43.3 Å². The third-order valence-electron chi connectivity index (χ3n) is 2.57. The number of nitrogens with one attached hydrogen (secondary N) is 1. The predicted molar refractivity (Wildman–Crippen MR) is 75.5 cm³/mol. The zero-order valence-corrected chi connectivity index (χ0v) is 12.0. The van der Waals surface area contributed by atoms with E-state index in [2.05, 4.69) is 10.1 Å². The van der Waals surface area contributed by atoms with Crippen LogP contribution in [-0.4, -0.2) is 46.3 Å². The molecule has 1 amide bonds. The number of hydrogen-bond donors (Lipinski definition) is 1. The number of carbonyl (C=O) groups is 2. The second-order valence-corrected chi connectivity index (χ2v) is 4.43. The van der Waals surface area contributed by atoms with Crippen LogP contribution in [0.4, 0.5) is 5.69 Å². The molecule has 6 nitrogen and oxygen atoms in total. The van der Waals surface area contributed by atoms with Gasteiger partial charge in [0.2, 0.25) is 0 Å². The lowest BCUT2D eigenvalue weighted by Crippen LogP contribution is -2.29. The lowest BCUT2D eigenvalue weighted by atomic mass is 10.2. The lowest BCUT2D eigenvalue weighted by molar-refractivity contribution is -0.152. The minimum atomic E-state index is -0.557. The van der Waals surface area contributed by atoms with E-state index in [4.69, 9.17) is 4.74 Å². The molecule has 0 saturated heterocycles. The molecule has 0 heterocycles. The fourth-order valence-corrected chi connectivity index (χ4v) is 1.47. The highest BCUT2D eigenvalue weighted by Gasteiger charge is 2.06. The van der Waals surface area contributed by atoms with Crippen LogP contribution in [0.1, 0.15) is 5.56 Å². The first-order valence-electron chi connectivity index (χ1n) is 6.20. The zero-order chi connectivity index (χ0) is 15.0. The van der Waals surface area contributed by atoms with Gasteiger partial charge in [0.15, 0.2) is 6.61 Å². The number of rotatable bonds is 7. The van der Waals surface area contributed by atoms with E-state index < -0.39 is 5.97 Å². The van der Waals surface area contributed by atoms with E-state index in [1.54, 1.807) is 0 Å². The van der Waals surface area contributed by atoms with Crippen LogP contribution in [0.3, 0.4) is 0 Å². The zero-order valence-electron chi connectivity index (χ0n) is 12.0. The van der Waals surface area contributed by atoms with Crippen molar-refractivity contribution in [1.82, 2.24) is 5.32 Å². The first-order chi connectivity index (χ1) is 9.52. The van der Waals surface area contributed by atoms with Crippen molar-refractivity contribution in [2.75, 3.05) is 39.3 Å². The second kappa shape index (κ2) is 8.16. The number of nitrogens with zero attached hydrogens (tertiary/aromatic N) is 1. The van der Waals surface area contributed by atoms with E-state index in [0.29, 0.717) is 6.54 Å². The molecule has 6 heteroatoms. The standard InChI is InChI=1S/C14H20N2O4/c1-16(2)12-6-4-11(5-7-12)8-15-13(17)9-20-14(18)10-19-3/h4-7H,8-10H2,1-3H3,(H,15,17). The van der Waals surface area contributed by atoms with E-state index in [1.165, 1.54) is 7.11 Å². The molecule has 0 bridgehead atoms. The molecule has 1 N–H and O–H groups in total. The Labute approximate surface area is 118 Å². The van der Waals surface area contributed by atoms with Gasteiger partial charge < -0.3 is 19.7 Å². The van der Waals surface area contributed by atoms with Gasteiger partial charge in [-0.15, -0.1) is 0 Å². The Morgan fingerprint density at radius 3 is 2.35 bits per heavy atom. The van der Waals surface area contributed by atoms with Crippen molar-refractivity contribution < 1.29 is 19.1 Å². The SMILES string of the molecule is COCC(=O)OCC(=O)NCc1ccc(N(C)C)cc1. The summed E-state index contributed by atoms with van der Waals surface area (Å²) in [6, 6.07) is 7.82. The molecule has 0 atom stereocenters. The number of benzene rings is 1. The molecule has 20 heavy (non-hydrogen) atoms. The maximum atomic E-state index is 11.5. The van der Waals surface area contributed by atoms with Gasteiger partial charge >= 0.3 is 5.97 Å². The highest BCUT2D eigenvalue weighted by Crippen LogP contribution is 2.11. The fourth-order valence-electron chi connectivity index (χ4n) is 1.47.